The molecule has 0 radical (unpaired) electrons. The van der Waals surface area contributed by atoms with Crippen molar-refractivity contribution in [3.05, 3.63) is 29.8 Å². The molecule has 1 fully saturated rings. The fourth-order valence-electron chi connectivity index (χ4n) is 3.00. The second-order valence-electron chi connectivity index (χ2n) is 5.81. The predicted molar refractivity (Wildman–Crippen MR) is 83.6 cm³/mol. The summed E-state index contributed by atoms with van der Waals surface area (Å²) >= 11 is 0. The van der Waals surface area contributed by atoms with Crippen LogP contribution in [0.1, 0.15) is 63.9 Å². The Labute approximate surface area is 127 Å². The summed E-state index contributed by atoms with van der Waals surface area (Å²) in [6.45, 7) is 4.42. The molecule has 0 spiro atoms. The highest BCUT2D eigenvalue weighted by molar-refractivity contribution is 5.66. The Morgan fingerprint density at radius 1 is 1.29 bits per heavy atom. The Morgan fingerprint density at radius 2 is 2.10 bits per heavy atom. The summed E-state index contributed by atoms with van der Waals surface area (Å²) in [7, 11) is 0. The first-order chi connectivity index (χ1) is 10.2. The van der Waals surface area contributed by atoms with Gasteiger partial charge in [-0.15, -0.1) is 0 Å². The molecule has 3 nitrogen and oxygen atoms in total. The van der Waals surface area contributed by atoms with E-state index in [1.807, 2.05) is 12.1 Å². The van der Waals surface area contributed by atoms with E-state index in [1.54, 1.807) is 0 Å². The lowest BCUT2D eigenvalue weighted by atomic mass is 9.81. The van der Waals surface area contributed by atoms with Gasteiger partial charge in [0, 0.05) is 12.8 Å². The van der Waals surface area contributed by atoms with Crippen molar-refractivity contribution in [1.82, 2.24) is 0 Å². The smallest absolute Gasteiger partial charge is 0.302 e. The van der Waals surface area contributed by atoms with Crippen LogP contribution < -0.4 is 4.74 Å². The molecule has 1 aliphatic carbocycles. The highest BCUT2D eigenvalue weighted by Gasteiger charge is 2.29. The highest BCUT2D eigenvalue weighted by Crippen LogP contribution is 2.36. The van der Waals surface area contributed by atoms with Crippen LogP contribution in [0.3, 0.4) is 0 Å². The molecular formula is C18H26O3. The normalized spacial score (nSPS) is 21.8. The van der Waals surface area contributed by atoms with Gasteiger partial charge in [-0.25, -0.2) is 0 Å². The summed E-state index contributed by atoms with van der Waals surface area (Å²) in [6.07, 6.45) is 6.61. The van der Waals surface area contributed by atoms with Crippen LogP contribution in [0.4, 0.5) is 0 Å². The van der Waals surface area contributed by atoms with Gasteiger partial charge < -0.3 is 9.47 Å². The van der Waals surface area contributed by atoms with Gasteiger partial charge >= 0.3 is 5.97 Å². The van der Waals surface area contributed by atoms with Crippen molar-refractivity contribution >= 4 is 5.97 Å². The second kappa shape index (κ2) is 8.06. The SMILES string of the molecule is CCCCOc1cccc(C2CCCCC2OC(C)=O)c1. The van der Waals surface area contributed by atoms with E-state index < -0.39 is 0 Å². The minimum absolute atomic E-state index is 0.0159. The Balaban J connectivity index is 2.07. The molecule has 2 atom stereocenters. The topological polar surface area (TPSA) is 35.5 Å². The van der Waals surface area contributed by atoms with Crippen molar-refractivity contribution in [2.45, 2.75) is 64.4 Å². The predicted octanol–water partition coefficient (Wildman–Crippen LogP) is 4.45. The summed E-state index contributed by atoms with van der Waals surface area (Å²) in [6, 6.07) is 8.28. The van der Waals surface area contributed by atoms with Crippen molar-refractivity contribution in [2.75, 3.05) is 6.61 Å². The average Bonchev–Trinajstić information content (AvgIpc) is 2.48. The first-order valence-electron chi connectivity index (χ1n) is 8.10. The third-order valence-corrected chi connectivity index (χ3v) is 4.07. The maximum Gasteiger partial charge on any atom is 0.302 e. The number of carbonyl (C=O) groups is 1. The minimum atomic E-state index is -0.178. The van der Waals surface area contributed by atoms with E-state index in [-0.39, 0.29) is 12.1 Å². The zero-order valence-electron chi connectivity index (χ0n) is 13.1. The number of benzene rings is 1. The van der Waals surface area contributed by atoms with Gasteiger partial charge in [-0.2, -0.15) is 0 Å². The summed E-state index contributed by atoms with van der Waals surface area (Å²) in [5.74, 6) is 1.05. The van der Waals surface area contributed by atoms with Crippen molar-refractivity contribution in [2.24, 2.45) is 0 Å². The molecule has 0 bridgehead atoms. The molecule has 116 valence electrons. The average molecular weight is 290 g/mol. The quantitative estimate of drug-likeness (QED) is 0.573. The van der Waals surface area contributed by atoms with E-state index in [0.717, 1.165) is 44.5 Å². The molecule has 2 unspecified atom stereocenters. The molecule has 0 aliphatic heterocycles. The van der Waals surface area contributed by atoms with Crippen LogP contribution in [-0.2, 0) is 9.53 Å². The highest BCUT2D eigenvalue weighted by atomic mass is 16.5. The Hall–Kier alpha value is -1.51. The number of rotatable bonds is 6. The van der Waals surface area contributed by atoms with Crippen LogP contribution >= 0.6 is 0 Å². The molecule has 0 N–H and O–H groups in total. The Bertz CT molecular complexity index is 456. The maximum atomic E-state index is 11.3. The zero-order chi connectivity index (χ0) is 15.1. The summed E-state index contributed by atoms with van der Waals surface area (Å²) < 4.78 is 11.3. The van der Waals surface area contributed by atoms with Gasteiger partial charge in [-0.3, -0.25) is 4.79 Å². The van der Waals surface area contributed by atoms with Crippen LogP contribution in [0.15, 0.2) is 24.3 Å². The molecule has 21 heavy (non-hydrogen) atoms. The van der Waals surface area contributed by atoms with Gasteiger partial charge in [0.2, 0.25) is 0 Å². The lowest BCUT2D eigenvalue weighted by molar-refractivity contribution is -0.148. The van der Waals surface area contributed by atoms with Crippen molar-refractivity contribution in [3.63, 3.8) is 0 Å². The van der Waals surface area contributed by atoms with Gasteiger partial charge in [0.1, 0.15) is 11.9 Å². The first-order valence-corrected chi connectivity index (χ1v) is 8.10. The van der Waals surface area contributed by atoms with E-state index in [4.69, 9.17) is 9.47 Å². The molecule has 0 amide bonds. The fourth-order valence-corrected chi connectivity index (χ4v) is 3.00. The molecule has 1 saturated carbocycles. The van der Waals surface area contributed by atoms with E-state index in [9.17, 15) is 4.79 Å². The maximum absolute atomic E-state index is 11.3. The van der Waals surface area contributed by atoms with Gasteiger partial charge in [-0.1, -0.05) is 31.9 Å². The third-order valence-electron chi connectivity index (χ3n) is 4.07. The van der Waals surface area contributed by atoms with E-state index >= 15 is 0 Å². The van der Waals surface area contributed by atoms with Crippen LogP contribution in [0, 0.1) is 0 Å². The van der Waals surface area contributed by atoms with E-state index in [1.165, 1.54) is 18.9 Å². The zero-order valence-corrected chi connectivity index (χ0v) is 13.1. The van der Waals surface area contributed by atoms with Gasteiger partial charge in [0.25, 0.3) is 0 Å². The minimum Gasteiger partial charge on any atom is -0.494 e. The fraction of sp³-hybridized carbons (Fsp3) is 0.611. The van der Waals surface area contributed by atoms with Gasteiger partial charge in [-0.05, 0) is 43.4 Å². The van der Waals surface area contributed by atoms with Crippen molar-refractivity contribution < 1.29 is 14.3 Å². The van der Waals surface area contributed by atoms with Crippen LogP contribution in [0.5, 0.6) is 5.75 Å². The second-order valence-corrected chi connectivity index (χ2v) is 5.81. The van der Waals surface area contributed by atoms with Crippen LogP contribution in [-0.4, -0.2) is 18.7 Å². The summed E-state index contributed by atoms with van der Waals surface area (Å²) in [5.41, 5.74) is 1.23. The largest absolute Gasteiger partial charge is 0.494 e. The van der Waals surface area contributed by atoms with Crippen molar-refractivity contribution in [1.29, 1.82) is 0 Å². The van der Waals surface area contributed by atoms with Gasteiger partial charge in [0.05, 0.1) is 6.61 Å². The number of hydrogen-bond donors (Lipinski definition) is 0. The third kappa shape index (κ3) is 4.76. The Morgan fingerprint density at radius 3 is 2.86 bits per heavy atom. The lowest BCUT2D eigenvalue weighted by Gasteiger charge is -2.31. The van der Waals surface area contributed by atoms with Crippen LogP contribution in [0.25, 0.3) is 0 Å². The molecular weight excluding hydrogens is 264 g/mol. The summed E-state index contributed by atoms with van der Waals surface area (Å²) in [5, 5.41) is 0. The molecule has 0 heterocycles. The van der Waals surface area contributed by atoms with E-state index in [0.29, 0.717) is 5.92 Å². The van der Waals surface area contributed by atoms with E-state index in [2.05, 4.69) is 19.1 Å². The number of esters is 1. The number of carbonyl (C=O) groups excluding carboxylic acids is 1. The van der Waals surface area contributed by atoms with Crippen molar-refractivity contribution in [3.8, 4) is 5.75 Å². The summed E-state index contributed by atoms with van der Waals surface area (Å²) in [4.78, 5) is 11.3. The molecule has 3 heteroatoms. The number of unbranched alkanes of at least 4 members (excludes halogenated alkanes) is 1. The molecule has 0 saturated heterocycles. The molecule has 1 aromatic carbocycles. The molecule has 0 aromatic heterocycles. The monoisotopic (exact) mass is 290 g/mol. The number of ether oxygens (including phenoxy) is 2. The Kier molecular flexibility index (Phi) is 6.09. The lowest BCUT2D eigenvalue weighted by Crippen LogP contribution is -2.27. The van der Waals surface area contributed by atoms with Crippen LogP contribution in [0.2, 0.25) is 0 Å². The molecule has 1 aromatic rings. The standard InChI is InChI=1S/C18H26O3/c1-3-4-12-20-16-9-7-8-15(13-16)17-10-5-6-11-18(17)21-14(2)19/h7-9,13,17-18H,3-6,10-12H2,1-2H3. The molecule has 2 rings (SSSR count). The van der Waals surface area contributed by atoms with Gasteiger partial charge in [0.15, 0.2) is 0 Å². The molecule has 1 aliphatic rings. The number of hydrogen-bond acceptors (Lipinski definition) is 3. The first kappa shape index (κ1) is 15.9.